The molecule has 1 saturated heterocycles. The summed E-state index contributed by atoms with van der Waals surface area (Å²) in [5.41, 5.74) is 0. The van der Waals surface area contributed by atoms with Gasteiger partial charge >= 0.3 is 0 Å². The van der Waals surface area contributed by atoms with Crippen molar-refractivity contribution in [1.29, 1.82) is 0 Å². The van der Waals surface area contributed by atoms with Gasteiger partial charge in [-0.1, -0.05) is 18.9 Å². The van der Waals surface area contributed by atoms with Crippen molar-refractivity contribution in [1.82, 2.24) is 20.4 Å². The molecule has 1 aliphatic heterocycles. The van der Waals surface area contributed by atoms with Gasteiger partial charge in [-0.05, 0) is 31.2 Å². The van der Waals surface area contributed by atoms with Gasteiger partial charge in [0.2, 0.25) is 5.91 Å². The molecule has 1 aromatic heterocycles. The van der Waals surface area contributed by atoms with Crippen molar-refractivity contribution >= 4 is 23.2 Å². The number of carbonyl (C=O) groups excluding carboxylic acids is 1. The van der Waals surface area contributed by atoms with Gasteiger partial charge < -0.3 is 20.3 Å². The Morgan fingerprint density at radius 1 is 1.41 bits per heavy atom. The van der Waals surface area contributed by atoms with E-state index >= 15 is 0 Å². The van der Waals surface area contributed by atoms with E-state index in [1.807, 2.05) is 0 Å². The summed E-state index contributed by atoms with van der Waals surface area (Å²) in [6.45, 7) is 5.66. The molecule has 29 heavy (non-hydrogen) atoms. The van der Waals surface area contributed by atoms with Crippen LogP contribution in [0.5, 0.6) is 0 Å². The Labute approximate surface area is 178 Å². The fraction of sp³-hybridized carbons (Fsp3) is 0.714. The molecule has 2 N–H and O–H groups in total. The van der Waals surface area contributed by atoms with Crippen LogP contribution in [0, 0.1) is 0 Å². The molecule has 1 aliphatic carbocycles. The summed E-state index contributed by atoms with van der Waals surface area (Å²) in [5.74, 6) is 0.754. The molecule has 0 spiro atoms. The van der Waals surface area contributed by atoms with Crippen molar-refractivity contribution in [2.75, 3.05) is 46.9 Å². The van der Waals surface area contributed by atoms with Crippen LogP contribution in [0.15, 0.2) is 22.5 Å². The van der Waals surface area contributed by atoms with Gasteiger partial charge in [0.15, 0.2) is 5.96 Å². The quantitative estimate of drug-likeness (QED) is 0.521. The molecule has 2 heterocycles. The predicted octanol–water partition coefficient (Wildman–Crippen LogP) is 2.08. The van der Waals surface area contributed by atoms with Crippen molar-refractivity contribution in [3.05, 3.63) is 22.4 Å². The van der Waals surface area contributed by atoms with Crippen molar-refractivity contribution in [3.63, 3.8) is 0 Å². The molecule has 162 valence electrons. The van der Waals surface area contributed by atoms with Crippen LogP contribution >= 0.6 is 11.3 Å². The zero-order valence-corrected chi connectivity index (χ0v) is 18.7. The molecular weight excluding hydrogens is 386 g/mol. The zero-order valence-electron chi connectivity index (χ0n) is 17.9. The summed E-state index contributed by atoms with van der Waals surface area (Å²) in [6, 6.07) is 5.02. The number of hydrogen-bond donors (Lipinski definition) is 2. The van der Waals surface area contributed by atoms with Crippen LogP contribution in [-0.4, -0.2) is 80.7 Å². The summed E-state index contributed by atoms with van der Waals surface area (Å²) in [7, 11) is 3.53. The second-order valence-corrected chi connectivity index (χ2v) is 9.15. The highest BCUT2D eigenvalue weighted by molar-refractivity contribution is 7.10. The Morgan fingerprint density at radius 3 is 2.86 bits per heavy atom. The number of amides is 1. The molecule has 0 radical (unpaired) electrons. The van der Waals surface area contributed by atoms with Crippen LogP contribution < -0.4 is 10.6 Å². The van der Waals surface area contributed by atoms with Crippen LogP contribution in [0.1, 0.15) is 43.5 Å². The van der Waals surface area contributed by atoms with E-state index in [0.717, 1.165) is 45.0 Å². The van der Waals surface area contributed by atoms with E-state index in [1.165, 1.54) is 17.7 Å². The van der Waals surface area contributed by atoms with Gasteiger partial charge in [-0.15, -0.1) is 11.3 Å². The number of aliphatic imine (C=N–C) groups is 1. The number of hydrogen-bond acceptors (Lipinski definition) is 5. The normalized spacial score (nSPS) is 22.4. The number of nitrogens with zero attached hydrogens (tertiary/aromatic N) is 3. The van der Waals surface area contributed by atoms with Gasteiger partial charge in [-0.3, -0.25) is 9.69 Å². The summed E-state index contributed by atoms with van der Waals surface area (Å²) in [5, 5.41) is 9.22. The number of guanidine groups is 1. The SMILES string of the molecule is CC1CN(C(CNC(=NCC(=O)N(C)C)NC2CCCC2)c2cccs2)CCO1. The number of likely N-dealkylation sites (N-methyl/N-ethyl adjacent to an activating group) is 1. The molecule has 2 unspecified atom stereocenters. The summed E-state index contributed by atoms with van der Waals surface area (Å²) in [6.07, 6.45) is 5.08. The molecule has 2 fully saturated rings. The van der Waals surface area contributed by atoms with E-state index in [2.05, 4.69) is 45.0 Å². The van der Waals surface area contributed by atoms with E-state index in [9.17, 15) is 4.79 Å². The average molecular weight is 422 g/mol. The Kier molecular flexibility index (Phi) is 8.32. The van der Waals surface area contributed by atoms with E-state index in [0.29, 0.717) is 6.04 Å². The minimum Gasteiger partial charge on any atom is -0.376 e. The second-order valence-electron chi connectivity index (χ2n) is 8.17. The van der Waals surface area contributed by atoms with Crippen molar-refractivity contribution in [3.8, 4) is 0 Å². The number of ether oxygens (including phenoxy) is 1. The second kappa shape index (κ2) is 10.9. The highest BCUT2D eigenvalue weighted by Gasteiger charge is 2.27. The Bertz CT molecular complexity index is 658. The lowest BCUT2D eigenvalue weighted by atomic mass is 10.1. The fourth-order valence-electron chi connectivity index (χ4n) is 3.92. The van der Waals surface area contributed by atoms with Gasteiger partial charge in [-0.25, -0.2) is 4.99 Å². The summed E-state index contributed by atoms with van der Waals surface area (Å²) < 4.78 is 5.74. The number of rotatable bonds is 7. The maximum absolute atomic E-state index is 12.0. The summed E-state index contributed by atoms with van der Waals surface area (Å²) >= 11 is 1.79. The first-order valence-electron chi connectivity index (χ1n) is 10.7. The number of carbonyl (C=O) groups is 1. The zero-order chi connectivity index (χ0) is 20.6. The van der Waals surface area contributed by atoms with Gasteiger partial charge in [0.05, 0.1) is 18.8 Å². The average Bonchev–Trinajstić information content (AvgIpc) is 3.40. The van der Waals surface area contributed by atoms with Gasteiger partial charge in [0.25, 0.3) is 0 Å². The molecule has 2 aliphatic rings. The molecule has 2 atom stereocenters. The van der Waals surface area contributed by atoms with E-state index in [4.69, 9.17) is 4.74 Å². The molecule has 1 amide bonds. The number of nitrogens with one attached hydrogen (secondary N) is 2. The topological polar surface area (TPSA) is 69.2 Å². The van der Waals surface area contributed by atoms with Crippen LogP contribution in [-0.2, 0) is 9.53 Å². The minimum absolute atomic E-state index is 0.00864. The maximum Gasteiger partial charge on any atom is 0.243 e. The predicted molar refractivity (Wildman–Crippen MR) is 118 cm³/mol. The first-order chi connectivity index (χ1) is 14.0. The van der Waals surface area contributed by atoms with Crippen LogP contribution in [0.2, 0.25) is 0 Å². The van der Waals surface area contributed by atoms with Gasteiger partial charge in [-0.2, -0.15) is 0 Å². The first-order valence-corrected chi connectivity index (χ1v) is 11.5. The first kappa shape index (κ1) is 22.1. The van der Waals surface area contributed by atoms with E-state index < -0.39 is 0 Å². The smallest absolute Gasteiger partial charge is 0.243 e. The van der Waals surface area contributed by atoms with Crippen molar-refractivity contribution < 1.29 is 9.53 Å². The highest BCUT2D eigenvalue weighted by Crippen LogP contribution is 2.26. The lowest BCUT2D eigenvalue weighted by molar-refractivity contribution is -0.127. The monoisotopic (exact) mass is 421 g/mol. The van der Waals surface area contributed by atoms with Crippen molar-refractivity contribution in [2.45, 2.75) is 50.8 Å². The standard InChI is InChI=1S/C21H35N5O2S/c1-16-15-26(10-11-28-16)18(19-9-6-12-29-19)13-22-21(23-14-20(27)25(2)3)24-17-7-4-5-8-17/h6,9,12,16-18H,4-5,7-8,10-11,13-15H2,1-3H3,(H2,22,23,24). The van der Waals surface area contributed by atoms with Crippen LogP contribution in [0.3, 0.4) is 0 Å². The van der Waals surface area contributed by atoms with Gasteiger partial charge in [0, 0.05) is 44.6 Å². The third-order valence-corrected chi connectivity index (χ3v) is 6.59. The fourth-order valence-corrected chi connectivity index (χ4v) is 4.78. The Morgan fingerprint density at radius 2 is 2.21 bits per heavy atom. The third kappa shape index (κ3) is 6.69. The summed E-state index contributed by atoms with van der Waals surface area (Å²) in [4.78, 5) is 22.0. The van der Waals surface area contributed by atoms with E-state index in [1.54, 1.807) is 30.3 Å². The number of thiophene rings is 1. The lowest BCUT2D eigenvalue weighted by Gasteiger charge is -2.37. The molecule has 3 rings (SSSR count). The van der Waals surface area contributed by atoms with Gasteiger partial charge in [0.1, 0.15) is 6.54 Å². The Balaban J connectivity index is 1.68. The molecule has 0 bridgehead atoms. The molecule has 0 aromatic carbocycles. The van der Waals surface area contributed by atoms with Crippen molar-refractivity contribution in [2.24, 2.45) is 4.99 Å². The third-order valence-electron chi connectivity index (χ3n) is 5.61. The van der Waals surface area contributed by atoms with E-state index in [-0.39, 0.29) is 24.6 Å². The highest BCUT2D eigenvalue weighted by atomic mass is 32.1. The molecule has 1 aromatic rings. The molecular formula is C21H35N5O2S. The largest absolute Gasteiger partial charge is 0.376 e. The molecule has 1 saturated carbocycles. The molecule has 7 nitrogen and oxygen atoms in total. The van der Waals surface area contributed by atoms with Crippen LogP contribution in [0.4, 0.5) is 0 Å². The Hall–Kier alpha value is -1.64. The van der Waals surface area contributed by atoms with Crippen LogP contribution in [0.25, 0.3) is 0 Å². The maximum atomic E-state index is 12.0. The number of morpholine rings is 1. The molecule has 8 heteroatoms. The minimum atomic E-state index is 0.00864. The lowest BCUT2D eigenvalue weighted by Crippen LogP contribution is -2.49.